The fourth-order valence-corrected chi connectivity index (χ4v) is 3.08. The first-order chi connectivity index (χ1) is 12.1. The second kappa shape index (κ2) is 22.9. The van der Waals surface area contributed by atoms with E-state index in [0.717, 1.165) is 55.5 Å². The number of hydrogen-bond acceptors (Lipinski definition) is 6. The molecule has 0 fully saturated rings. The van der Waals surface area contributed by atoms with Crippen molar-refractivity contribution in [1.82, 2.24) is 9.80 Å². The van der Waals surface area contributed by atoms with Gasteiger partial charge >= 0.3 is 20.1 Å². The standard InChI is InChI=1S/C11H26N2S2.C8H10OS.O.Tc/c1-3-12(4-2)6-5-7-13(8-10-14)9-11-15;1-9-8-4-2-7(6-10)3-5-8;;/h14-15H,3-11H2,1-2H3;2-5,10H,6H2,1H3;;/q;;-2;+5/p-3. The number of hydrogen-bond donors (Lipinski definition) is 0. The van der Waals surface area contributed by atoms with Crippen LogP contribution in [0.3, 0.4) is 0 Å². The number of benzene rings is 1. The van der Waals surface area contributed by atoms with Crippen LogP contribution in [0.25, 0.3) is 0 Å². The Balaban J connectivity index is -0.000000421. The Labute approximate surface area is 196 Å². The van der Waals surface area contributed by atoms with Crippen LogP contribution in [0.15, 0.2) is 24.3 Å². The van der Waals surface area contributed by atoms with Crippen LogP contribution in [0.2, 0.25) is 0 Å². The van der Waals surface area contributed by atoms with Crippen molar-refractivity contribution in [2.75, 3.05) is 57.9 Å². The maximum Gasteiger partial charge on any atom is 5.00 e. The maximum atomic E-state index is 5.00. The van der Waals surface area contributed by atoms with Crippen LogP contribution in [0.4, 0.5) is 0 Å². The number of methoxy groups -OCH3 is 1. The third-order valence-corrected chi connectivity index (χ3v) is 4.68. The Hall–Kier alpha value is 0.599. The van der Waals surface area contributed by atoms with E-state index in [2.05, 4.69) is 23.6 Å². The normalized spacial score (nSPS) is 9.93. The summed E-state index contributed by atoms with van der Waals surface area (Å²) in [5.41, 5.74) is 1.16. The van der Waals surface area contributed by atoms with Crippen LogP contribution in [-0.2, 0) is 69.2 Å². The van der Waals surface area contributed by atoms with E-state index < -0.39 is 0 Å². The van der Waals surface area contributed by atoms with Gasteiger partial charge in [0.05, 0.1) is 7.11 Å². The maximum absolute atomic E-state index is 5.00. The molecule has 0 bridgehead atoms. The summed E-state index contributed by atoms with van der Waals surface area (Å²) in [6, 6.07) is 7.79. The smallest absolute Gasteiger partial charge is 2.00 e. The molecule has 0 aliphatic rings. The molecule has 0 spiro atoms. The molecule has 0 radical (unpaired) electrons. The zero-order valence-corrected chi connectivity index (χ0v) is 21.0. The first-order valence-corrected chi connectivity index (χ1v) is 10.7. The zero-order chi connectivity index (χ0) is 18.9. The Morgan fingerprint density at radius 3 is 1.67 bits per heavy atom. The van der Waals surface area contributed by atoms with Crippen molar-refractivity contribution in [1.29, 1.82) is 0 Å². The monoisotopic (exact) mass is 514 g/mol. The van der Waals surface area contributed by atoms with Crippen LogP contribution in [0.1, 0.15) is 25.8 Å². The molecule has 0 saturated carbocycles. The van der Waals surface area contributed by atoms with Crippen LogP contribution in [0.5, 0.6) is 5.75 Å². The van der Waals surface area contributed by atoms with Crippen LogP contribution in [0, 0.1) is 0 Å². The SMILES string of the molecule is CCN(CC)CCCN(CC[S-])CC[S-].COc1ccc(C[S-])cc1.[O-2].[Tc+5]. The molecule has 0 atom stereocenters. The molecule has 0 unspecified atom stereocenters. The summed E-state index contributed by atoms with van der Waals surface area (Å²) in [7, 11) is 1.66. The predicted octanol–water partition coefficient (Wildman–Crippen LogP) is 2.73. The van der Waals surface area contributed by atoms with Gasteiger partial charge in [0.15, 0.2) is 0 Å². The third kappa shape index (κ3) is 17.2. The van der Waals surface area contributed by atoms with Crippen LogP contribution < -0.4 is 4.74 Å². The Morgan fingerprint density at radius 2 is 1.30 bits per heavy atom. The van der Waals surface area contributed by atoms with Crippen molar-refractivity contribution in [2.24, 2.45) is 0 Å². The molecule has 1 aromatic carbocycles. The molecule has 1 rings (SSSR count). The Kier molecular flexibility index (Phi) is 27.4. The van der Waals surface area contributed by atoms with Gasteiger partial charge in [0.2, 0.25) is 0 Å². The average Bonchev–Trinajstić information content (AvgIpc) is 2.66. The molecular weight excluding hydrogens is 482 g/mol. The van der Waals surface area contributed by atoms with E-state index in [1.54, 1.807) is 7.11 Å². The zero-order valence-electron chi connectivity index (χ0n) is 16.7. The van der Waals surface area contributed by atoms with Gasteiger partial charge < -0.3 is 57.9 Å². The minimum Gasteiger partial charge on any atom is -2.00 e. The summed E-state index contributed by atoms with van der Waals surface area (Å²) in [5, 5.41) is 0. The van der Waals surface area contributed by atoms with E-state index in [-0.39, 0.29) is 25.6 Å². The third-order valence-electron chi connectivity index (χ3n) is 3.98. The molecule has 0 N–H and O–H groups in total. The summed E-state index contributed by atoms with van der Waals surface area (Å²) in [6.45, 7) is 11.1. The van der Waals surface area contributed by atoms with E-state index in [4.69, 9.17) is 42.6 Å². The fourth-order valence-electron chi connectivity index (χ4n) is 2.37. The van der Waals surface area contributed by atoms with Crippen molar-refractivity contribution in [2.45, 2.75) is 26.0 Å². The number of rotatable bonds is 12. The molecule has 156 valence electrons. The van der Waals surface area contributed by atoms with Crippen LogP contribution >= 0.6 is 0 Å². The first kappa shape index (κ1) is 32.3. The van der Waals surface area contributed by atoms with Gasteiger partial charge in [-0.05, 0) is 57.8 Å². The summed E-state index contributed by atoms with van der Waals surface area (Å²) in [6.07, 6.45) is 1.23. The van der Waals surface area contributed by atoms with Gasteiger partial charge in [0, 0.05) is 0 Å². The molecule has 0 amide bonds. The Bertz CT molecular complexity index is 381. The minimum atomic E-state index is 0. The van der Waals surface area contributed by atoms with E-state index >= 15 is 0 Å². The molecule has 0 aliphatic carbocycles. The second-order valence-electron chi connectivity index (χ2n) is 5.62. The minimum absolute atomic E-state index is 0. The van der Waals surface area contributed by atoms with E-state index in [0.29, 0.717) is 5.75 Å². The molecule has 0 heterocycles. The number of nitrogens with zero attached hydrogens (tertiary/aromatic N) is 2. The van der Waals surface area contributed by atoms with Crippen molar-refractivity contribution >= 4 is 37.9 Å². The molecule has 0 aromatic heterocycles. The van der Waals surface area contributed by atoms with Crippen molar-refractivity contribution < 1.29 is 30.3 Å². The summed E-state index contributed by atoms with van der Waals surface area (Å²) in [4.78, 5) is 4.85. The molecule has 27 heavy (non-hydrogen) atoms. The predicted molar refractivity (Wildman–Crippen MR) is 118 cm³/mol. The molecule has 0 saturated heterocycles. The van der Waals surface area contributed by atoms with Gasteiger partial charge in [-0.25, -0.2) is 0 Å². The van der Waals surface area contributed by atoms with Crippen molar-refractivity contribution in [3.63, 3.8) is 0 Å². The van der Waals surface area contributed by atoms with E-state index in [1.807, 2.05) is 24.3 Å². The second-order valence-corrected chi connectivity index (χ2v) is 6.73. The topological polar surface area (TPSA) is 44.2 Å². The van der Waals surface area contributed by atoms with Gasteiger partial charge in [0.1, 0.15) is 5.75 Å². The molecule has 1 aromatic rings. The molecule has 0 aliphatic heterocycles. The van der Waals surface area contributed by atoms with E-state index in [1.165, 1.54) is 13.0 Å². The quantitative estimate of drug-likeness (QED) is 0.399. The van der Waals surface area contributed by atoms with Gasteiger partial charge in [-0.3, -0.25) is 0 Å². The molecule has 8 heteroatoms. The van der Waals surface area contributed by atoms with Gasteiger partial charge in [0.25, 0.3) is 0 Å². The molecular formula is C19H33N2O2S3Tc. The summed E-state index contributed by atoms with van der Waals surface area (Å²) < 4.78 is 4.98. The van der Waals surface area contributed by atoms with Gasteiger partial charge in [-0.1, -0.05) is 31.5 Å². The fraction of sp³-hybridized carbons (Fsp3) is 0.684. The summed E-state index contributed by atoms with van der Waals surface area (Å²) >= 11 is 14.9. The average molecular weight is 516 g/mol. The van der Waals surface area contributed by atoms with Crippen molar-refractivity contribution in [3.8, 4) is 5.75 Å². The van der Waals surface area contributed by atoms with Gasteiger partial charge in [-0.2, -0.15) is 17.3 Å². The van der Waals surface area contributed by atoms with E-state index in [9.17, 15) is 0 Å². The Morgan fingerprint density at radius 1 is 0.815 bits per heavy atom. The summed E-state index contributed by atoms with van der Waals surface area (Å²) in [5.74, 6) is 3.19. The van der Waals surface area contributed by atoms with Crippen LogP contribution in [-0.4, -0.2) is 67.7 Å². The molecule has 4 nitrogen and oxygen atoms in total. The van der Waals surface area contributed by atoms with Gasteiger partial charge in [-0.15, -0.1) is 0 Å². The number of ether oxygens (including phenoxy) is 1. The first-order valence-electron chi connectivity index (χ1n) is 8.96. The largest absolute Gasteiger partial charge is 5.00 e. The van der Waals surface area contributed by atoms with Crippen molar-refractivity contribution in [3.05, 3.63) is 29.8 Å².